The van der Waals surface area contributed by atoms with Gasteiger partial charge in [-0.25, -0.2) is 14.5 Å². The lowest BCUT2D eigenvalue weighted by Crippen LogP contribution is -2.59. The van der Waals surface area contributed by atoms with Crippen molar-refractivity contribution in [2.45, 2.75) is 38.3 Å². The monoisotopic (exact) mass is 406 g/mol. The summed E-state index contributed by atoms with van der Waals surface area (Å²) in [5.41, 5.74) is 2.41. The van der Waals surface area contributed by atoms with Gasteiger partial charge in [-0.2, -0.15) is 4.98 Å². The van der Waals surface area contributed by atoms with Gasteiger partial charge >= 0.3 is 0 Å². The molecule has 0 radical (unpaired) electrons. The number of rotatable bonds is 5. The van der Waals surface area contributed by atoms with E-state index in [4.69, 9.17) is 4.74 Å². The summed E-state index contributed by atoms with van der Waals surface area (Å²) < 4.78 is 9.20. The quantitative estimate of drug-likeness (QED) is 0.521. The van der Waals surface area contributed by atoms with E-state index in [2.05, 4.69) is 30.7 Å². The van der Waals surface area contributed by atoms with Crippen LogP contribution in [0.5, 0.6) is 5.88 Å². The van der Waals surface area contributed by atoms with Crippen LogP contribution in [0.3, 0.4) is 0 Å². The molecule has 0 aliphatic heterocycles. The van der Waals surface area contributed by atoms with E-state index in [0.29, 0.717) is 17.6 Å². The molecule has 1 saturated carbocycles. The van der Waals surface area contributed by atoms with Crippen molar-refractivity contribution in [2.75, 3.05) is 12.4 Å². The first kappa shape index (κ1) is 18.3. The maximum Gasteiger partial charge on any atom is 0.244 e. The van der Waals surface area contributed by atoms with Crippen molar-refractivity contribution < 1.29 is 9.53 Å². The van der Waals surface area contributed by atoms with Crippen LogP contribution < -0.4 is 15.4 Å². The van der Waals surface area contributed by atoms with Crippen molar-refractivity contribution in [1.29, 1.82) is 0 Å². The lowest BCUT2D eigenvalue weighted by atomic mass is 9.74. The van der Waals surface area contributed by atoms with Gasteiger partial charge in [-0.15, -0.1) is 5.10 Å². The molecular formula is C20H22N8O2. The van der Waals surface area contributed by atoms with Gasteiger partial charge in [0.05, 0.1) is 7.11 Å². The van der Waals surface area contributed by atoms with E-state index in [-0.39, 0.29) is 17.5 Å². The molecule has 154 valence electrons. The van der Waals surface area contributed by atoms with Crippen LogP contribution in [-0.4, -0.2) is 53.6 Å². The third-order valence-corrected chi connectivity index (χ3v) is 5.43. The van der Waals surface area contributed by atoms with E-state index >= 15 is 0 Å². The molecule has 1 fully saturated rings. The van der Waals surface area contributed by atoms with Gasteiger partial charge in [0.25, 0.3) is 0 Å². The zero-order valence-corrected chi connectivity index (χ0v) is 17.0. The first-order chi connectivity index (χ1) is 14.4. The summed E-state index contributed by atoms with van der Waals surface area (Å²) in [5.74, 6) is 1.59. The number of hydrogen-bond donors (Lipinski definition) is 2. The highest BCUT2D eigenvalue weighted by molar-refractivity contribution is 5.84. The Morgan fingerprint density at radius 3 is 2.90 bits per heavy atom. The van der Waals surface area contributed by atoms with Crippen LogP contribution in [-0.2, 0) is 4.79 Å². The molecule has 0 spiro atoms. The molecule has 0 saturated heterocycles. The molecule has 1 amide bonds. The second-order valence-corrected chi connectivity index (χ2v) is 7.94. The fourth-order valence-electron chi connectivity index (χ4n) is 4.22. The van der Waals surface area contributed by atoms with Crippen molar-refractivity contribution >= 4 is 23.1 Å². The zero-order chi connectivity index (χ0) is 20.9. The van der Waals surface area contributed by atoms with Gasteiger partial charge < -0.3 is 15.4 Å². The predicted molar refractivity (Wildman–Crippen MR) is 110 cm³/mol. The number of imidazole rings is 1. The van der Waals surface area contributed by atoms with Crippen LogP contribution in [0.25, 0.3) is 22.4 Å². The third kappa shape index (κ3) is 3.10. The van der Waals surface area contributed by atoms with Crippen LogP contribution in [0.2, 0.25) is 0 Å². The smallest absolute Gasteiger partial charge is 0.244 e. The molecule has 30 heavy (non-hydrogen) atoms. The Bertz CT molecular complexity index is 1250. The summed E-state index contributed by atoms with van der Waals surface area (Å²) in [7, 11) is 1.59. The number of amides is 1. The van der Waals surface area contributed by atoms with E-state index in [1.54, 1.807) is 24.0 Å². The van der Waals surface area contributed by atoms with Crippen LogP contribution in [0.1, 0.15) is 26.7 Å². The van der Waals surface area contributed by atoms with Gasteiger partial charge in [0.15, 0.2) is 0 Å². The number of hydrogen-bond acceptors (Lipinski definition) is 7. The SMILES string of the molecule is COc1nc(NC2CC(C)(NC(C)=O)C2)nn2ccc(-c3cnc4nccn4c3)c12. The van der Waals surface area contributed by atoms with E-state index < -0.39 is 0 Å². The largest absolute Gasteiger partial charge is 0.479 e. The van der Waals surface area contributed by atoms with Crippen LogP contribution in [0, 0.1) is 0 Å². The number of fused-ring (bicyclic) bond motifs is 2. The highest BCUT2D eigenvalue weighted by atomic mass is 16.5. The number of nitrogens with one attached hydrogen (secondary N) is 2. The van der Waals surface area contributed by atoms with E-state index in [9.17, 15) is 4.79 Å². The number of carbonyl (C=O) groups excluding carboxylic acids is 1. The van der Waals surface area contributed by atoms with Gasteiger partial charge in [-0.3, -0.25) is 9.20 Å². The molecule has 0 unspecified atom stereocenters. The molecule has 1 aliphatic rings. The Balaban J connectivity index is 1.44. The van der Waals surface area contributed by atoms with Crippen LogP contribution >= 0.6 is 0 Å². The van der Waals surface area contributed by atoms with Crippen molar-refractivity contribution in [3.05, 3.63) is 37.1 Å². The highest BCUT2D eigenvalue weighted by Crippen LogP contribution is 2.35. The number of carbonyl (C=O) groups is 1. The second kappa shape index (κ2) is 6.68. The molecule has 4 aromatic rings. The van der Waals surface area contributed by atoms with Crippen LogP contribution in [0.15, 0.2) is 37.1 Å². The van der Waals surface area contributed by atoms with Gasteiger partial charge in [0.2, 0.25) is 23.5 Å². The van der Waals surface area contributed by atoms with Crippen molar-refractivity contribution in [3.63, 3.8) is 0 Å². The number of anilines is 1. The van der Waals surface area contributed by atoms with Gasteiger partial charge in [0.1, 0.15) is 5.52 Å². The molecule has 5 rings (SSSR count). The fraction of sp³-hybridized carbons (Fsp3) is 0.350. The minimum atomic E-state index is -0.183. The predicted octanol–water partition coefficient (Wildman–Crippen LogP) is 1.92. The van der Waals surface area contributed by atoms with E-state index in [1.807, 2.05) is 36.0 Å². The average Bonchev–Trinajstić information content (AvgIpc) is 3.31. The Hall–Kier alpha value is -3.69. The molecule has 2 N–H and O–H groups in total. The molecule has 0 bridgehead atoms. The highest BCUT2D eigenvalue weighted by Gasteiger charge is 2.41. The molecule has 4 aromatic heterocycles. The molecule has 0 aromatic carbocycles. The topological polar surface area (TPSA) is 111 Å². The normalized spacial score (nSPS) is 20.8. The third-order valence-electron chi connectivity index (χ3n) is 5.43. The van der Waals surface area contributed by atoms with E-state index in [0.717, 1.165) is 29.5 Å². The summed E-state index contributed by atoms with van der Waals surface area (Å²) in [6, 6.07) is 2.15. The summed E-state index contributed by atoms with van der Waals surface area (Å²) >= 11 is 0. The molecular weight excluding hydrogens is 384 g/mol. The summed E-state index contributed by atoms with van der Waals surface area (Å²) in [4.78, 5) is 24.5. The van der Waals surface area contributed by atoms with Gasteiger partial charge in [-0.05, 0) is 25.8 Å². The summed E-state index contributed by atoms with van der Waals surface area (Å²) in [6.45, 7) is 3.58. The second-order valence-electron chi connectivity index (χ2n) is 7.94. The standard InChI is InChI=1S/C20H22N8O2/c1-12(29)25-20(2)8-14(9-20)23-18-24-17(30-3)16-15(4-6-28(16)26-18)13-10-22-19-21-5-7-27(19)11-13/h4-7,10-11,14H,8-9H2,1-3H3,(H,23,26)(H,25,29). The lowest BCUT2D eigenvalue weighted by molar-refractivity contribution is -0.121. The average molecular weight is 406 g/mol. The van der Waals surface area contributed by atoms with Gasteiger partial charge in [0, 0.05) is 60.6 Å². The Labute approximate surface area is 172 Å². The maximum absolute atomic E-state index is 11.3. The van der Waals surface area contributed by atoms with Crippen molar-refractivity contribution in [1.82, 2.24) is 34.3 Å². The number of aromatic nitrogens is 6. The Kier molecular flexibility index (Phi) is 4.09. The molecule has 1 aliphatic carbocycles. The first-order valence-corrected chi connectivity index (χ1v) is 9.72. The Morgan fingerprint density at radius 1 is 1.30 bits per heavy atom. The zero-order valence-electron chi connectivity index (χ0n) is 17.0. The minimum Gasteiger partial charge on any atom is -0.479 e. The molecule has 10 heteroatoms. The molecule has 0 atom stereocenters. The number of methoxy groups -OCH3 is 1. The van der Waals surface area contributed by atoms with Crippen molar-refractivity contribution in [3.8, 4) is 17.0 Å². The number of ether oxygens (including phenoxy) is 1. The summed E-state index contributed by atoms with van der Waals surface area (Å²) in [5, 5.41) is 10.9. The van der Waals surface area contributed by atoms with Gasteiger partial charge in [-0.1, -0.05) is 0 Å². The first-order valence-electron chi connectivity index (χ1n) is 9.72. The number of nitrogens with zero attached hydrogens (tertiary/aromatic N) is 6. The molecule has 4 heterocycles. The minimum absolute atomic E-state index is 0.0153. The lowest BCUT2D eigenvalue weighted by Gasteiger charge is -2.45. The van der Waals surface area contributed by atoms with E-state index in [1.165, 1.54) is 6.92 Å². The molecule has 10 nitrogen and oxygen atoms in total. The van der Waals surface area contributed by atoms with Crippen LogP contribution in [0.4, 0.5) is 5.95 Å². The fourth-order valence-corrected chi connectivity index (χ4v) is 4.22. The Morgan fingerprint density at radius 2 is 2.13 bits per heavy atom. The van der Waals surface area contributed by atoms with Crippen molar-refractivity contribution in [2.24, 2.45) is 0 Å². The summed E-state index contributed by atoms with van der Waals surface area (Å²) in [6.07, 6.45) is 10.8. The maximum atomic E-state index is 11.3.